The fraction of sp³-hybridized carbons (Fsp3) is 0.950. The van der Waals surface area contributed by atoms with Gasteiger partial charge in [0, 0.05) is 13.7 Å². The normalized spacial score (nSPS) is 34.0. The van der Waals surface area contributed by atoms with Crippen LogP contribution in [0.4, 0.5) is 0 Å². The SMILES string of the molecule is CCCCCC[C@@]1(C)OC(C)(C)O[C@H](C)C1=NN1CCC[C@@H]1COC. The quantitative estimate of drug-likeness (QED) is 0.608. The third kappa shape index (κ3) is 5.41. The van der Waals surface area contributed by atoms with Gasteiger partial charge in [-0.1, -0.05) is 32.6 Å². The van der Waals surface area contributed by atoms with E-state index >= 15 is 0 Å². The first-order valence-corrected chi connectivity index (χ1v) is 10.0. The monoisotopic (exact) mass is 354 g/mol. The van der Waals surface area contributed by atoms with Gasteiger partial charge in [0.25, 0.3) is 0 Å². The molecule has 0 aliphatic carbocycles. The van der Waals surface area contributed by atoms with Crippen LogP contribution in [-0.2, 0) is 14.2 Å². The molecule has 2 heterocycles. The Morgan fingerprint density at radius 1 is 1.24 bits per heavy atom. The number of ether oxygens (including phenoxy) is 3. The van der Waals surface area contributed by atoms with Crippen molar-refractivity contribution in [3.63, 3.8) is 0 Å². The Kier molecular flexibility index (Phi) is 7.29. The largest absolute Gasteiger partial charge is 0.382 e. The van der Waals surface area contributed by atoms with Crippen LogP contribution in [-0.4, -0.2) is 54.5 Å². The molecule has 0 N–H and O–H groups in total. The maximum atomic E-state index is 6.42. The number of methoxy groups -OCH3 is 1. The van der Waals surface area contributed by atoms with Gasteiger partial charge in [-0.3, -0.25) is 5.01 Å². The van der Waals surface area contributed by atoms with Gasteiger partial charge in [-0.2, -0.15) is 5.10 Å². The smallest absolute Gasteiger partial charge is 0.164 e. The molecule has 0 radical (unpaired) electrons. The highest BCUT2D eigenvalue weighted by Crippen LogP contribution is 2.36. The Balaban J connectivity index is 2.19. The molecule has 0 aromatic heterocycles. The van der Waals surface area contributed by atoms with Crippen molar-refractivity contribution < 1.29 is 14.2 Å². The fourth-order valence-corrected chi connectivity index (χ4v) is 4.24. The highest BCUT2D eigenvalue weighted by molar-refractivity contribution is 5.96. The predicted molar refractivity (Wildman–Crippen MR) is 102 cm³/mol. The molecule has 0 unspecified atom stereocenters. The molecule has 3 atom stereocenters. The van der Waals surface area contributed by atoms with Gasteiger partial charge in [0.05, 0.1) is 18.4 Å². The fourth-order valence-electron chi connectivity index (χ4n) is 4.24. The number of hydrazone groups is 1. The van der Waals surface area contributed by atoms with Crippen molar-refractivity contribution in [1.29, 1.82) is 0 Å². The minimum atomic E-state index is -0.575. The molecule has 146 valence electrons. The molecule has 2 fully saturated rings. The summed E-state index contributed by atoms with van der Waals surface area (Å²) < 4.78 is 17.9. The highest BCUT2D eigenvalue weighted by Gasteiger charge is 2.47. The first-order valence-electron chi connectivity index (χ1n) is 10.0. The summed E-state index contributed by atoms with van der Waals surface area (Å²) in [6.07, 6.45) is 8.19. The summed E-state index contributed by atoms with van der Waals surface area (Å²) >= 11 is 0. The van der Waals surface area contributed by atoms with Crippen LogP contribution in [0.2, 0.25) is 0 Å². The van der Waals surface area contributed by atoms with E-state index in [1.807, 2.05) is 13.8 Å². The minimum Gasteiger partial charge on any atom is -0.382 e. The van der Waals surface area contributed by atoms with Gasteiger partial charge in [-0.25, -0.2) is 0 Å². The van der Waals surface area contributed by atoms with Crippen LogP contribution in [0, 0.1) is 0 Å². The molecule has 2 aliphatic heterocycles. The van der Waals surface area contributed by atoms with Crippen LogP contribution in [0.3, 0.4) is 0 Å². The summed E-state index contributed by atoms with van der Waals surface area (Å²) in [6, 6.07) is 0.365. The second-order valence-electron chi connectivity index (χ2n) is 8.20. The van der Waals surface area contributed by atoms with Crippen LogP contribution in [0.15, 0.2) is 5.10 Å². The van der Waals surface area contributed by atoms with Crippen molar-refractivity contribution in [3.05, 3.63) is 0 Å². The van der Waals surface area contributed by atoms with E-state index in [9.17, 15) is 0 Å². The van der Waals surface area contributed by atoms with E-state index in [2.05, 4.69) is 25.8 Å². The van der Waals surface area contributed by atoms with Crippen LogP contribution in [0.25, 0.3) is 0 Å². The van der Waals surface area contributed by atoms with Gasteiger partial charge in [0.15, 0.2) is 5.79 Å². The lowest BCUT2D eigenvalue weighted by Crippen LogP contribution is -2.58. The number of hydrogen-bond donors (Lipinski definition) is 0. The molecule has 0 aromatic rings. The molecule has 0 amide bonds. The summed E-state index contributed by atoms with van der Waals surface area (Å²) in [4.78, 5) is 0. The molecule has 5 nitrogen and oxygen atoms in total. The van der Waals surface area contributed by atoms with E-state index in [0.717, 1.165) is 38.1 Å². The van der Waals surface area contributed by atoms with Crippen molar-refractivity contribution in [3.8, 4) is 0 Å². The second kappa shape index (κ2) is 8.83. The van der Waals surface area contributed by atoms with Gasteiger partial charge in [0.2, 0.25) is 0 Å². The molecule has 2 saturated heterocycles. The van der Waals surface area contributed by atoms with E-state index < -0.39 is 5.79 Å². The second-order valence-corrected chi connectivity index (χ2v) is 8.20. The number of nitrogens with zero attached hydrogens (tertiary/aromatic N) is 2. The van der Waals surface area contributed by atoms with Crippen LogP contribution < -0.4 is 0 Å². The molecule has 0 spiro atoms. The maximum absolute atomic E-state index is 6.42. The average Bonchev–Trinajstić information content (AvgIpc) is 2.94. The van der Waals surface area contributed by atoms with Crippen molar-refractivity contribution in [1.82, 2.24) is 5.01 Å². The van der Waals surface area contributed by atoms with E-state index in [0.29, 0.717) is 6.04 Å². The first kappa shape index (κ1) is 20.7. The molecule has 0 saturated carbocycles. The topological polar surface area (TPSA) is 43.3 Å². The maximum Gasteiger partial charge on any atom is 0.164 e. The van der Waals surface area contributed by atoms with Crippen LogP contribution >= 0.6 is 0 Å². The van der Waals surface area contributed by atoms with Crippen molar-refractivity contribution in [2.24, 2.45) is 5.10 Å². The Bertz CT molecular complexity index is 452. The molecule has 2 rings (SSSR count). The van der Waals surface area contributed by atoms with E-state index in [1.54, 1.807) is 7.11 Å². The van der Waals surface area contributed by atoms with Crippen LogP contribution in [0.1, 0.15) is 79.6 Å². The minimum absolute atomic E-state index is 0.0382. The Labute approximate surface area is 154 Å². The molecular formula is C20H38N2O3. The Morgan fingerprint density at radius 3 is 2.68 bits per heavy atom. The lowest BCUT2D eigenvalue weighted by atomic mass is 9.88. The molecule has 0 aromatic carbocycles. The van der Waals surface area contributed by atoms with E-state index in [-0.39, 0.29) is 11.7 Å². The predicted octanol–water partition coefficient (Wildman–Crippen LogP) is 4.35. The van der Waals surface area contributed by atoms with Gasteiger partial charge < -0.3 is 14.2 Å². The molecular weight excluding hydrogens is 316 g/mol. The third-order valence-electron chi connectivity index (χ3n) is 5.31. The molecule has 2 aliphatic rings. The molecule has 25 heavy (non-hydrogen) atoms. The summed E-state index contributed by atoms with van der Waals surface area (Å²) in [5.41, 5.74) is 0.668. The number of hydrogen-bond acceptors (Lipinski definition) is 5. The van der Waals surface area contributed by atoms with Gasteiger partial charge in [0.1, 0.15) is 11.7 Å². The van der Waals surface area contributed by atoms with Gasteiger partial charge >= 0.3 is 0 Å². The van der Waals surface area contributed by atoms with Gasteiger partial charge in [-0.05, 0) is 47.0 Å². The van der Waals surface area contributed by atoms with Gasteiger partial charge in [-0.15, -0.1) is 0 Å². The number of rotatable bonds is 8. The summed E-state index contributed by atoms with van der Waals surface area (Å²) in [6.45, 7) is 12.3. The lowest BCUT2D eigenvalue weighted by Gasteiger charge is -2.47. The van der Waals surface area contributed by atoms with E-state index in [4.69, 9.17) is 19.3 Å². The lowest BCUT2D eigenvalue weighted by molar-refractivity contribution is -0.280. The zero-order valence-corrected chi connectivity index (χ0v) is 17.1. The Morgan fingerprint density at radius 2 is 2.00 bits per heavy atom. The molecule has 0 bridgehead atoms. The standard InChI is InChI=1S/C20H38N2O3/c1-7-8-9-10-13-20(5)18(16(2)24-19(3,4)25-20)21-22-14-11-12-17(22)15-23-6/h16-17H,7-15H2,1-6H3/t16-,17-,20-/m1/s1. The Hall–Kier alpha value is -0.650. The van der Waals surface area contributed by atoms with E-state index in [1.165, 1.54) is 25.7 Å². The third-order valence-corrected chi connectivity index (χ3v) is 5.31. The summed E-state index contributed by atoms with van der Waals surface area (Å²) in [7, 11) is 1.76. The molecule has 5 heteroatoms. The first-order chi connectivity index (χ1) is 11.8. The average molecular weight is 355 g/mol. The zero-order chi connectivity index (χ0) is 18.5. The van der Waals surface area contributed by atoms with Crippen LogP contribution in [0.5, 0.6) is 0 Å². The van der Waals surface area contributed by atoms with Crippen molar-refractivity contribution in [2.45, 2.75) is 103 Å². The van der Waals surface area contributed by atoms with Crippen molar-refractivity contribution >= 4 is 5.71 Å². The number of unbranched alkanes of at least 4 members (excludes halogenated alkanes) is 3. The summed E-state index contributed by atoms with van der Waals surface area (Å²) in [5.74, 6) is -0.575. The highest BCUT2D eigenvalue weighted by atomic mass is 16.7. The zero-order valence-electron chi connectivity index (χ0n) is 17.1. The van der Waals surface area contributed by atoms with Crippen molar-refractivity contribution in [2.75, 3.05) is 20.3 Å². The summed E-state index contributed by atoms with van der Waals surface area (Å²) in [5, 5.41) is 7.25.